The van der Waals surface area contributed by atoms with E-state index < -0.39 is 23.3 Å². The van der Waals surface area contributed by atoms with Gasteiger partial charge in [-0.1, -0.05) is 63.3 Å². The van der Waals surface area contributed by atoms with Crippen LogP contribution in [0.3, 0.4) is 0 Å². The quantitative estimate of drug-likeness (QED) is 0.226. The first-order chi connectivity index (χ1) is 15.9. The minimum Gasteiger partial charge on any atom is -0.481 e. The fraction of sp³-hybridized carbons (Fsp3) is 0.571. The minimum atomic E-state index is -1.42. The number of carboxylic acid groups (broad SMARTS) is 1. The Hall–Kier alpha value is -2.40. The molecule has 0 amide bonds. The molecule has 1 aromatic rings. The van der Waals surface area contributed by atoms with Crippen LogP contribution in [0.4, 0.5) is 0 Å². The Bertz CT molecular complexity index is 826. The molecule has 5 heteroatoms. The maximum Gasteiger partial charge on any atom is 0.314 e. The van der Waals surface area contributed by atoms with E-state index in [4.69, 9.17) is 4.74 Å². The summed E-state index contributed by atoms with van der Waals surface area (Å²) in [5, 5.41) is 20.2. The number of ether oxygens (including phenoxy) is 1. The number of carbonyl (C=O) groups excluding carboxylic acids is 1. The van der Waals surface area contributed by atoms with Crippen molar-refractivity contribution in [2.45, 2.75) is 102 Å². The van der Waals surface area contributed by atoms with Gasteiger partial charge >= 0.3 is 5.97 Å². The number of ketones is 1. The number of carboxylic acids is 1. The number of aliphatic hydroxyl groups is 1. The molecule has 2 N–H and O–H groups in total. The van der Waals surface area contributed by atoms with E-state index >= 15 is 0 Å². The maximum atomic E-state index is 12.7. The first-order valence-corrected chi connectivity index (χ1v) is 12.4. The van der Waals surface area contributed by atoms with E-state index in [1.165, 1.54) is 45.4 Å². The Morgan fingerprint density at radius 1 is 1.09 bits per heavy atom. The second-order valence-corrected chi connectivity index (χ2v) is 9.27. The van der Waals surface area contributed by atoms with Crippen molar-refractivity contribution >= 4 is 11.8 Å². The van der Waals surface area contributed by atoms with E-state index in [9.17, 15) is 19.8 Å². The SMILES string of the molecule is CCCCCCCCC=CCCCC(O)C(=O)CC(C)(C(=O)O)c1ccc2c(c1)OC=CC2. The van der Waals surface area contributed by atoms with Crippen LogP contribution < -0.4 is 4.74 Å². The molecular formula is C28H40O5. The Morgan fingerprint density at radius 2 is 1.79 bits per heavy atom. The molecule has 1 aliphatic heterocycles. The second-order valence-electron chi connectivity index (χ2n) is 9.27. The smallest absolute Gasteiger partial charge is 0.314 e. The largest absolute Gasteiger partial charge is 0.481 e. The third-order valence-electron chi connectivity index (χ3n) is 6.44. The molecule has 0 fully saturated rings. The van der Waals surface area contributed by atoms with E-state index in [0.717, 1.165) is 24.8 Å². The summed E-state index contributed by atoms with van der Waals surface area (Å²) in [5.74, 6) is -0.912. The second kappa shape index (κ2) is 14.0. The number of Topliss-reactive ketones (excluding diaryl/α,β-unsaturated/α-hetero) is 1. The number of fused-ring (bicyclic) bond motifs is 1. The highest BCUT2D eigenvalue weighted by Gasteiger charge is 2.39. The zero-order valence-corrected chi connectivity index (χ0v) is 20.2. The highest BCUT2D eigenvalue weighted by molar-refractivity contribution is 5.92. The number of hydrogen-bond donors (Lipinski definition) is 2. The van der Waals surface area contributed by atoms with Crippen LogP contribution in [0.25, 0.3) is 0 Å². The van der Waals surface area contributed by atoms with Crippen LogP contribution in [0.2, 0.25) is 0 Å². The van der Waals surface area contributed by atoms with Crippen molar-refractivity contribution < 1.29 is 24.5 Å². The molecule has 2 atom stereocenters. The summed E-state index contributed by atoms with van der Waals surface area (Å²) in [4.78, 5) is 24.8. The molecule has 0 radical (unpaired) electrons. The molecule has 0 saturated heterocycles. The van der Waals surface area contributed by atoms with Gasteiger partial charge < -0.3 is 14.9 Å². The van der Waals surface area contributed by atoms with Gasteiger partial charge in [-0.2, -0.15) is 0 Å². The van der Waals surface area contributed by atoms with Gasteiger partial charge in [-0.15, -0.1) is 0 Å². The number of aliphatic carboxylic acids is 1. The van der Waals surface area contributed by atoms with Crippen LogP contribution in [0.5, 0.6) is 5.75 Å². The summed E-state index contributed by atoms with van der Waals surface area (Å²) in [6.07, 6.45) is 17.7. The summed E-state index contributed by atoms with van der Waals surface area (Å²) in [5.41, 5.74) is 0.0568. The highest BCUT2D eigenvalue weighted by atomic mass is 16.5. The molecule has 2 rings (SSSR count). The summed E-state index contributed by atoms with van der Waals surface area (Å²) >= 11 is 0. The van der Waals surface area contributed by atoms with Crippen molar-refractivity contribution in [3.8, 4) is 5.75 Å². The van der Waals surface area contributed by atoms with E-state index in [2.05, 4.69) is 19.1 Å². The lowest BCUT2D eigenvalue weighted by molar-refractivity contribution is -0.146. The fourth-order valence-electron chi connectivity index (χ4n) is 4.11. The number of carbonyl (C=O) groups is 2. The monoisotopic (exact) mass is 456 g/mol. The maximum absolute atomic E-state index is 12.7. The molecule has 0 aromatic heterocycles. The summed E-state index contributed by atoms with van der Waals surface area (Å²) in [6, 6.07) is 5.28. The highest BCUT2D eigenvalue weighted by Crippen LogP contribution is 2.34. The van der Waals surface area contributed by atoms with Crippen LogP contribution in [0.15, 0.2) is 42.7 Å². The number of benzene rings is 1. The van der Waals surface area contributed by atoms with Gasteiger partial charge in [-0.25, -0.2) is 0 Å². The predicted octanol–water partition coefficient (Wildman–Crippen LogP) is 6.27. The van der Waals surface area contributed by atoms with E-state index in [1.54, 1.807) is 18.4 Å². The molecule has 1 aliphatic rings. The molecule has 0 aliphatic carbocycles. The molecule has 1 aromatic carbocycles. The van der Waals surface area contributed by atoms with Crippen molar-refractivity contribution in [1.82, 2.24) is 0 Å². The number of hydrogen-bond acceptors (Lipinski definition) is 4. The van der Waals surface area contributed by atoms with Gasteiger partial charge in [0.25, 0.3) is 0 Å². The third-order valence-corrected chi connectivity index (χ3v) is 6.44. The van der Waals surface area contributed by atoms with E-state index in [-0.39, 0.29) is 6.42 Å². The predicted molar refractivity (Wildman–Crippen MR) is 132 cm³/mol. The molecule has 182 valence electrons. The van der Waals surface area contributed by atoms with Gasteiger partial charge in [0.05, 0.1) is 11.7 Å². The number of unbranched alkanes of at least 4 members (excludes halogenated alkanes) is 7. The summed E-state index contributed by atoms with van der Waals surface area (Å²) in [6.45, 7) is 3.76. The normalized spacial score (nSPS) is 15.6. The van der Waals surface area contributed by atoms with Crippen molar-refractivity contribution in [2.75, 3.05) is 0 Å². The molecule has 2 unspecified atom stereocenters. The van der Waals surface area contributed by atoms with Crippen molar-refractivity contribution in [3.63, 3.8) is 0 Å². The average molecular weight is 457 g/mol. The molecule has 1 heterocycles. The van der Waals surface area contributed by atoms with Crippen molar-refractivity contribution in [3.05, 3.63) is 53.8 Å². The lowest BCUT2D eigenvalue weighted by atomic mass is 9.76. The Balaban J connectivity index is 1.78. The lowest BCUT2D eigenvalue weighted by Crippen LogP contribution is -2.38. The van der Waals surface area contributed by atoms with Crippen LogP contribution in [0.1, 0.15) is 95.6 Å². The number of rotatable bonds is 16. The lowest BCUT2D eigenvalue weighted by Gasteiger charge is -2.27. The van der Waals surface area contributed by atoms with Gasteiger partial charge in [0, 0.05) is 6.42 Å². The number of aliphatic hydroxyl groups excluding tert-OH is 1. The Morgan fingerprint density at radius 3 is 2.52 bits per heavy atom. The zero-order chi connectivity index (χ0) is 24.1. The molecular weight excluding hydrogens is 416 g/mol. The van der Waals surface area contributed by atoms with E-state index in [1.807, 2.05) is 12.1 Å². The first kappa shape index (κ1) is 26.8. The fourth-order valence-corrected chi connectivity index (χ4v) is 4.11. The summed E-state index contributed by atoms with van der Waals surface area (Å²) < 4.78 is 5.50. The standard InChI is InChI=1S/C28H40O5/c1-3-4-5-6-7-8-9-10-11-12-13-16-24(29)25(30)21-28(2,27(31)32)23-18-17-22-15-14-19-33-26(22)20-23/h10-11,14,17-20,24,29H,3-9,12-13,15-16,21H2,1-2H3,(H,31,32). The number of allylic oxidation sites excluding steroid dienone is 3. The molecule has 0 spiro atoms. The molecule has 0 saturated carbocycles. The zero-order valence-electron chi connectivity index (χ0n) is 20.2. The van der Waals surface area contributed by atoms with Crippen molar-refractivity contribution in [2.24, 2.45) is 0 Å². The minimum absolute atomic E-state index is 0.258. The molecule has 5 nitrogen and oxygen atoms in total. The van der Waals surface area contributed by atoms with Crippen LogP contribution in [-0.4, -0.2) is 28.1 Å². The molecule has 0 bridgehead atoms. The van der Waals surface area contributed by atoms with Gasteiger partial charge in [0.15, 0.2) is 5.78 Å². The van der Waals surface area contributed by atoms with Gasteiger partial charge in [0.2, 0.25) is 0 Å². The van der Waals surface area contributed by atoms with Gasteiger partial charge in [0.1, 0.15) is 11.9 Å². The van der Waals surface area contributed by atoms with Gasteiger partial charge in [-0.05, 0) is 68.7 Å². The first-order valence-electron chi connectivity index (χ1n) is 12.4. The molecule has 33 heavy (non-hydrogen) atoms. The van der Waals surface area contributed by atoms with Gasteiger partial charge in [-0.3, -0.25) is 9.59 Å². The van der Waals surface area contributed by atoms with Crippen LogP contribution in [0, 0.1) is 0 Å². The van der Waals surface area contributed by atoms with Crippen LogP contribution in [-0.2, 0) is 21.4 Å². The Labute approximate surface area is 198 Å². The van der Waals surface area contributed by atoms with Crippen LogP contribution >= 0.6 is 0 Å². The topological polar surface area (TPSA) is 83.8 Å². The van der Waals surface area contributed by atoms with E-state index in [0.29, 0.717) is 24.2 Å². The third kappa shape index (κ3) is 8.47. The average Bonchev–Trinajstić information content (AvgIpc) is 2.81. The summed E-state index contributed by atoms with van der Waals surface area (Å²) in [7, 11) is 0. The van der Waals surface area contributed by atoms with Crippen molar-refractivity contribution in [1.29, 1.82) is 0 Å². The Kier molecular flexibility index (Phi) is 11.4.